The van der Waals surface area contributed by atoms with E-state index in [0.717, 1.165) is 16.8 Å². The summed E-state index contributed by atoms with van der Waals surface area (Å²) in [6.07, 6.45) is 1.33. The van der Waals surface area contributed by atoms with E-state index in [4.69, 9.17) is 27.9 Å². The Morgan fingerprint density at radius 2 is 1.83 bits per heavy atom. The number of hydrogen-bond donors (Lipinski definition) is 2. The second-order valence-corrected chi connectivity index (χ2v) is 8.59. The molecule has 4 rings (SSSR count). The third-order valence-corrected chi connectivity index (χ3v) is 5.82. The predicted molar refractivity (Wildman–Crippen MR) is 136 cm³/mol. The minimum atomic E-state index is -0.588. The molecule has 0 unspecified atom stereocenters. The van der Waals surface area contributed by atoms with Gasteiger partial charge in [-0.05, 0) is 37.1 Å². The van der Waals surface area contributed by atoms with E-state index in [1.54, 1.807) is 0 Å². The molecule has 1 fully saturated rings. The molecule has 0 aliphatic carbocycles. The minimum Gasteiger partial charge on any atom is -0.378 e. The molecular weight excluding hydrogens is 495 g/mol. The molecule has 1 saturated heterocycles. The van der Waals surface area contributed by atoms with Crippen LogP contribution in [0.2, 0.25) is 10.0 Å². The van der Waals surface area contributed by atoms with Crippen LogP contribution in [-0.4, -0.2) is 52.4 Å². The smallest absolute Gasteiger partial charge is 0.288 e. The highest BCUT2D eigenvalue weighted by molar-refractivity contribution is 6.37. The highest BCUT2D eigenvalue weighted by Gasteiger charge is 2.18. The van der Waals surface area contributed by atoms with Crippen LogP contribution in [0.4, 0.5) is 29.2 Å². The molecule has 0 atom stereocenters. The fourth-order valence-electron chi connectivity index (χ4n) is 3.32. The maximum absolute atomic E-state index is 11.2. The molecule has 2 heterocycles. The summed E-state index contributed by atoms with van der Waals surface area (Å²) >= 11 is 12.1. The number of morpholine rings is 1. The Labute approximate surface area is 211 Å². The number of aryl methyl sites for hydroxylation is 2. The fraction of sp³-hybridized carbons (Fsp3) is 0.273. The number of hydrazone groups is 1. The lowest BCUT2D eigenvalue weighted by Gasteiger charge is -2.27. The number of hydrogen-bond acceptors (Lipinski definition) is 10. The van der Waals surface area contributed by atoms with Crippen molar-refractivity contribution in [2.75, 3.05) is 41.9 Å². The maximum atomic E-state index is 11.2. The van der Waals surface area contributed by atoms with Crippen molar-refractivity contribution in [3.63, 3.8) is 0 Å². The molecule has 2 N–H and O–H groups in total. The van der Waals surface area contributed by atoms with Crippen molar-refractivity contribution in [2.24, 2.45) is 5.10 Å². The van der Waals surface area contributed by atoms with Gasteiger partial charge in [0.2, 0.25) is 17.8 Å². The summed E-state index contributed by atoms with van der Waals surface area (Å²) in [6.45, 7) is 6.41. The van der Waals surface area contributed by atoms with Crippen molar-refractivity contribution in [3.05, 3.63) is 67.2 Å². The number of ether oxygens (including phenoxy) is 1. The standard InChI is InChI=1S/C22H22Cl2N8O3/c1-13-3-4-14(2)18(9-13)26-20-27-21(29-22(28-20)31-5-7-35-8-6-31)30-25-12-15-10-19(32(33)34)17(24)11-16(15)23/h3-4,9-12H,5-8H2,1-2H3,(H2,26,27,28,29,30). The van der Waals surface area contributed by atoms with E-state index in [-0.39, 0.29) is 21.7 Å². The third-order valence-electron chi connectivity index (χ3n) is 5.19. The SMILES string of the molecule is Cc1ccc(C)c(Nc2nc(NN=Cc3cc([N+](=O)[O-])c(Cl)cc3Cl)nc(N3CCOCC3)n2)c1. The topological polar surface area (TPSA) is 131 Å². The molecule has 1 aliphatic rings. The van der Waals surface area contributed by atoms with Crippen LogP contribution in [-0.2, 0) is 4.74 Å². The quantitative estimate of drug-likeness (QED) is 0.259. The Hall–Kier alpha value is -3.54. The van der Waals surface area contributed by atoms with Gasteiger partial charge in [0.05, 0.1) is 29.4 Å². The summed E-state index contributed by atoms with van der Waals surface area (Å²) in [5, 5.41) is 18.7. The molecule has 1 aliphatic heterocycles. The Kier molecular flexibility index (Phi) is 7.59. The van der Waals surface area contributed by atoms with Gasteiger partial charge < -0.3 is 15.0 Å². The summed E-state index contributed by atoms with van der Waals surface area (Å²) < 4.78 is 5.43. The molecule has 0 radical (unpaired) electrons. The van der Waals surface area contributed by atoms with Crippen LogP contribution < -0.4 is 15.6 Å². The van der Waals surface area contributed by atoms with Crippen molar-refractivity contribution in [1.29, 1.82) is 0 Å². The highest BCUT2D eigenvalue weighted by atomic mass is 35.5. The van der Waals surface area contributed by atoms with Crippen molar-refractivity contribution in [2.45, 2.75) is 13.8 Å². The van der Waals surface area contributed by atoms with Crippen LogP contribution in [0.25, 0.3) is 0 Å². The first kappa shape index (κ1) is 24.6. The molecule has 2 aromatic carbocycles. The number of nitrogens with zero attached hydrogens (tertiary/aromatic N) is 6. The van der Waals surface area contributed by atoms with E-state index >= 15 is 0 Å². The monoisotopic (exact) mass is 516 g/mol. The van der Waals surface area contributed by atoms with E-state index in [1.807, 2.05) is 36.9 Å². The Balaban J connectivity index is 1.62. The summed E-state index contributed by atoms with van der Waals surface area (Å²) in [6, 6.07) is 8.60. The van der Waals surface area contributed by atoms with E-state index in [9.17, 15) is 10.1 Å². The molecule has 0 saturated carbocycles. The van der Waals surface area contributed by atoms with Gasteiger partial charge in [0.15, 0.2) is 0 Å². The number of aromatic nitrogens is 3. The number of anilines is 4. The number of halogens is 2. The van der Waals surface area contributed by atoms with Gasteiger partial charge in [-0.25, -0.2) is 5.43 Å². The zero-order chi connectivity index (χ0) is 24.9. The zero-order valence-corrected chi connectivity index (χ0v) is 20.5. The van der Waals surface area contributed by atoms with Crippen LogP contribution in [0.5, 0.6) is 0 Å². The van der Waals surface area contributed by atoms with Crippen molar-refractivity contribution < 1.29 is 9.66 Å². The number of nitrogens with one attached hydrogen (secondary N) is 2. The number of rotatable bonds is 7. The van der Waals surface area contributed by atoms with Crippen molar-refractivity contribution in [3.8, 4) is 0 Å². The Morgan fingerprint density at radius 1 is 1.09 bits per heavy atom. The van der Waals surface area contributed by atoms with Gasteiger partial charge in [-0.2, -0.15) is 20.1 Å². The largest absolute Gasteiger partial charge is 0.378 e. The average Bonchev–Trinajstić information content (AvgIpc) is 2.83. The van der Waals surface area contributed by atoms with Crippen molar-refractivity contribution in [1.82, 2.24) is 15.0 Å². The predicted octanol–water partition coefficient (Wildman–Crippen LogP) is 4.73. The lowest BCUT2D eigenvalue weighted by Crippen LogP contribution is -2.37. The molecular formula is C22H22Cl2N8O3. The molecule has 0 bridgehead atoms. The van der Waals surface area contributed by atoms with Gasteiger partial charge in [0.25, 0.3) is 5.69 Å². The van der Waals surface area contributed by atoms with Crippen LogP contribution in [0.3, 0.4) is 0 Å². The van der Waals surface area contributed by atoms with Gasteiger partial charge >= 0.3 is 0 Å². The first-order chi connectivity index (χ1) is 16.8. The first-order valence-corrected chi connectivity index (χ1v) is 11.4. The molecule has 11 nitrogen and oxygen atoms in total. The Morgan fingerprint density at radius 3 is 2.57 bits per heavy atom. The summed E-state index contributed by atoms with van der Waals surface area (Å²) in [5.41, 5.74) is 5.81. The molecule has 1 aromatic heterocycles. The van der Waals surface area contributed by atoms with Gasteiger partial charge in [-0.1, -0.05) is 35.3 Å². The second kappa shape index (κ2) is 10.8. The van der Waals surface area contributed by atoms with Crippen molar-refractivity contribution >= 4 is 58.6 Å². The van der Waals surface area contributed by atoms with Crippen LogP contribution in [0, 0.1) is 24.0 Å². The number of nitro benzene ring substituents is 1. The highest BCUT2D eigenvalue weighted by Crippen LogP contribution is 2.30. The molecule has 0 spiro atoms. The summed E-state index contributed by atoms with van der Waals surface area (Å²) in [7, 11) is 0. The summed E-state index contributed by atoms with van der Waals surface area (Å²) in [4.78, 5) is 26.1. The molecule has 0 amide bonds. The Bertz CT molecular complexity index is 1280. The lowest BCUT2D eigenvalue weighted by molar-refractivity contribution is -0.384. The van der Waals surface area contributed by atoms with Gasteiger partial charge in [0.1, 0.15) is 5.02 Å². The summed E-state index contributed by atoms with van der Waals surface area (Å²) in [5.74, 6) is 0.993. The minimum absolute atomic E-state index is 0.0557. The molecule has 182 valence electrons. The van der Waals surface area contributed by atoms with Gasteiger partial charge in [0, 0.05) is 30.4 Å². The van der Waals surface area contributed by atoms with E-state index in [1.165, 1.54) is 18.3 Å². The second-order valence-electron chi connectivity index (χ2n) is 7.78. The van der Waals surface area contributed by atoms with Crippen LogP contribution in [0.1, 0.15) is 16.7 Å². The normalized spacial score (nSPS) is 13.8. The van der Waals surface area contributed by atoms with E-state index in [0.29, 0.717) is 43.8 Å². The third kappa shape index (κ3) is 6.13. The van der Waals surface area contributed by atoms with Crippen LogP contribution in [0.15, 0.2) is 35.4 Å². The fourth-order valence-corrected chi connectivity index (χ4v) is 3.82. The maximum Gasteiger partial charge on any atom is 0.288 e. The number of benzene rings is 2. The van der Waals surface area contributed by atoms with E-state index < -0.39 is 4.92 Å². The average molecular weight is 517 g/mol. The van der Waals surface area contributed by atoms with Gasteiger partial charge in [-0.3, -0.25) is 10.1 Å². The van der Waals surface area contributed by atoms with Crippen LogP contribution >= 0.6 is 23.2 Å². The first-order valence-electron chi connectivity index (χ1n) is 10.7. The molecule has 35 heavy (non-hydrogen) atoms. The molecule has 3 aromatic rings. The molecule has 13 heteroatoms. The lowest BCUT2D eigenvalue weighted by atomic mass is 10.1. The number of nitro groups is 1. The van der Waals surface area contributed by atoms with E-state index in [2.05, 4.69) is 30.8 Å². The van der Waals surface area contributed by atoms with Gasteiger partial charge in [-0.15, -0.1) is 0 Å². The zero-order valence-electron chi connectivity index (χ0n) is 19.0.